The van der Waals surface area contributed by atoms with Crippen molar-refractivity contribution in [2.75, 3.05) is 0 Å². The van der Waals surface area contributed by atoms with E-state index in [-0.39, 0.29) is 5.92 Å². The molecule has 0 heterocycles. The summed E-state index contributed by atoms with van der Waals surface area (Å²) in [7, 11) is 0. The molecule has 0 aromatic heterocycles. The van der Waals surface area contributed by atoms with Crippen molar-refractivity contribution in [1.29, 1.82) is 0 Å². The number of allylic oxidation sites excluding steroid dienone is 8. The summed E-state index contributed by atoms with van der Waals surface area (Å²) in [5.74, 6) is 0.561. The van der Waals surface area contributed by atoms with Gasteiger partial charge in [-0.2, -0.15) is 0 Å². The lowest BCUT2D eigenvalue weighted by molar-refractivity contribution is -0.121. The van der Waals surface area contributed by atoms with Gasteiger partial charge in [-0.1, -0.05) is 88.6 Å². The molecule has 0 N–H and O–H groups in total. The number of Topliss-reactive ketones (excluding diaryl/α,β-unsaturated/α-hetero) is 1. The van der Waals surface area contributed by atoms with Gasteiger partial charge in [0.1, 0.15) is 5.78 Å². The quantitative estimate of drug-likeness (QED) is 0.174. The van der Waals surface area contributed by atoms with Crippen molar-refractivity contribution in [3.05, 3.63) is 48.6 Å². The van der Waals surface area contributed by atoms with Crippen LogP contribution in [0, 0.1) is 5.92 Å². The minimum Gasteiger partial charge on any atom is -0.299 e. The predicted molar refractivity (Wildman–Crippen MR) is 108 cm³/mol. The van der Waals surface area contributed by atoms with E-state index >= 15 is 0 Å². The average molecular weight is 331 g/mol. The summed E-state index contributed by atoms with van der Waals surface area (Å²) < 4.78 is 0. The molecule has 136 valence electrons. The highest BCUT2D eigenvalue weighted by Gasteiger charge is 2.04. The van der Waals surface area contributed by atoms with Gasteiger partial charge >= 0.3 is 0 Å². The molecule has 0 saturated heterocycles. The van der Waals surface area contributed by atoms with Crippen molar-refractivity contribution in [2.45, 2.75) is 85.0 Å². The zero-order valence-electron chi connectivity index (χ0n) is 16.2. The van der Waals surface area contributed by atoms with E-state index in [9.17, 15) is 4.79 Å². The highest BCUT2D eigenvalue weighted by molar-refractivity contribution is 5.80. The maximum Gasteiger partial charge on any atom is 0.135 e. The number of hydrogen-bond donors (Lipinski definition) is 0. The van der Waals surface area contributed by atoms with Crippen molar-refractivity contribution >= 4 is 5.78 Å². The minimum atomic E-state index is 0.181. The summed E-state index contributed by atoms with van der Waals surface area (Å²) in [6.07, 6.45) is 28.8. The largest absolute Gasteiger partial charge is 0.299 e. The van der Waals surface area contributed by atoms with Crippen LogP contribution in [-0.2, 0) is 4.79 Å². The Morgan fingerprint density at radius 1 is 0.750 bits per heavy atom. The van der Waals surface area contributed by atoms with Gasteiger partial charge < -0.3 is 0 Å². The molecule has 0 aliphatic carbocycles. The van der Waals surface area contributed by atoms with Crippen LogP contribution in [0.25, 0.3) is 0 Å². The first-order chi connectivity index (χ1) is 11.7. The van der Waals surface area contributed by atoms with Gasteiger partial charge in [0.2, 0.25) is 0 Å². The van der Waals surface area contributed by atoms with E-state index in [1.165, 1.54) is 32.1 Å². The highest BCUT2D eigenvalue weighted by Crippen LogP contribution is 2.05. The van der Waals surface area contributed by atoms with Crippen LogP contribution in [0.2, 0.25) is 0 Å². The van der Waals surface area contributed by atoms with E-state index in [1.54, 1.807) is 0 Å². The zero-order valence-corrected chi connectivity index (χ0v) is 16.2. The Kier molecular flexibility index (Phi) is 16.9. The van der Waals surface area contributed by atoms with E-state index in [4.69, 9.17) is 0 Å². The molecule has 0 fully saturated rings. The van der Waals surface area contributed by atoms with Crippen LogP contribution in [0.3, 0.4) is 0 Å². The smallest absolute Gasteiger partial charge is 0.135 e. The summed E-state index contributed by atoms with van der Waals surface area (Å²) in [6.45, 7) is 6.19. The number of carbonyl (C=O) groups excluding carboxylic acids is 1. The van der Waals surface area contributed by atoms with Crippen molar-refractivity contribution in [3.8, 4) is 0 Å². The molecule has 0 bridgehead atoms. The summed E-state index contributed by atoms with van der Waals surface area (Å²) >= 11 is 0. The van der Waals surface area contributed by atoms with Crippen molar-refractivity contribution in [1.82, 2.24) is 0 Å². The Balaban J connectivity index is 3.48. The fourth-order valence-corrected chi connectivity index (χ4v) is 2.27. The van der Waals surface area contributed by atoms with Crippen molar-refractivity contribution < 1.29 is 4.79 Å². The lowest BCUT2D eigenvalue weighted by Gasteiger charge is -2.01. The fourth-order valence-electron chi connectivity index (χ4n) is 2.27. The zero-order chi connectivity index (χ0) is 17.9. The number of ketones is 1. The SMILES string of the molecule is CCCCCC/C=C/C=C\C/C=C\C/C=C\CCCC(=O)C(C)C. The van der Waals surface area contributed by atoms with Gasteiger partial charge in [0.25, 0.3) is 0 Å². The molecule has 0 unspecified atom stereocenters. The van der Waals surface area contributed by atoms with Gasteiger partial charge in [-0.15, -0.1) is 0 Å². The Bertz CT molecular complexity index is 396. The minimum absolute atomic E-state index is 0.181. The molecule has 0 saturated carbocycles. The number of rotatable bonds is 15. The summed E-state index contributed by atoms with van der Waals surface area (Å²) in [5, 5.41) is 0. The van der Waals surface area contributed by atoms with Gasteiger partial charge in [0.05, 0.1) is 0 Å². The van der Waals surface area contributed by atoms with E-state index in [2.05, 4.69) is 55.5 Å². The molecule has 1 nitrogen and oxygen atoms in total. The Morgan fingerprint density at radius 3 is 2.08 bits per heavy atom. The fraction of sp³-hybridized carbons (Fsp3) is 0.609. The van der Waals surface area contributed by atoms with E-state index in [1.807, 2.05) is 13.8 Å². The van der Waals surface area contributed by atoms with Gasteiger partial charge in [-0.3, -0.25) is 4.79 Å². The predicted octanol–water partition coefficient (Wildman–Crippen LogP) is 7.36. The van der Waals surface area contributed by atoms with Crippen LogP contribution in [0.15, 0.2) is 48.6 Å². The normalized spacial score (nSPS) is 12.7. The molecule has 1 heteroatoms. The maximum absolute atomic E-state index is 11.5. The van der Waals surface area contributed by atoms with Crippen LogP contribution in [0.1, 0.15) is 85.0 Å². The van der Waals surface area contributed by atoms with Crippen LogP contribution in [0.4, 0.5) is 0 Å². The van der Waals surface area contributed by atoms with Crippen LogP contribution < -0.4 is 0 Å². The van der Waals surface area contributed by atoms with Gasteiger partial charge in [0.15, 0.2) is 0 Å². The molecule has 0 aliphatic heterocycles. The van der Waals surface area contributed by atoms with E-state index in [0.29, 0.717) is 5.78 Å². The van der Waals surface area contributed by atoms with E-state index in [0.717, 1.165) is 32.1 Å². The summed E-state index contributed by atoms with van der Waals surface area (Å²) in [6, 6.07) is 0. The molecule has 0 atom stereocenters. The number of unbranched alkanes of at least 4 members (excludes halogenated alkanes) is 5. The second-order valence-corrected chi connectivity index (χ2v) is 6.63. The second-order valence-electron chi connectivity index (χ2n) is 6.63. The monoisotopic (exact) mass is 330 g/mol. The molecule has 0 aromatic carbocycles. The highest BCUT2D eigenvalue weighted by atomic mass is 16.1. The number of hydrogen-bond acceptors (Lipinski definition) is 1. The third-order valence-electron chi connectivity index (χ3n) is 3.92. The molecule has 0 amide bonds. The molecule has 24 heavy (non-hydrogen) atoms. The molecule has 0 rings (SSSR count). The first kappa shape index (κ1) is 22.6. The summed E-state index contributed by atoms with van der Waals surface area (Å²) in [4.78, 5) is 11.5. The molecule has 0 spiro atoms. The second kappa shape index (κ2) is 18.0. The first-order valence-electron chi connectivity index (χ1n) is 9.82. The lowest BCUT2D eigenvalue weighted by atomic mass is 10.0. The Morgan fingerprint density at radius 2 is 1.38 bits per heavy atom. The van der Waals surface area contributed by atoms with Crippen molar-refractivity contribution in [3.63, 3.8) is 0 Å². The molecule has 0 aliphatic rings. The first-order valence-corrected chi connectivity index (χ1v) is 9.82. The molecule has 0 radical (unpaired) electrons. The molecular formula is C23H38O. The lowest BCUT2D eigenvalue weighted by Crippen LogP contribution is -2.05. The van der Waals surface area contributed by atoms with Crippen molar-refractivity contribution in [2.24, 2.45) is 5.92 Å². The Hall–Kier alpha value is -1.37. The topological polar surface area (TPSA) is 17.1 Å². The maximum atomic E-state index is 11.5. The van der Waals surface area contributed by atoms with Gasteiger partial charge in [0, 0.05) is 12.3 Å². The third-order valence-corrected chi connectivity index (χ3v) is 3.92. The van der Waals surface area contributed by atoms with Crippen LogP contribution >= 0.6 is 0 Å². The standard InChI is InChI=1S/C23H38O/c1-4-5-6-7-8-9-10-11-12-13-14-15-16-17-18-19-20-21-23(24)22(2)3/h9-12,14-15,17-18,22H,4-8,13,16,19-21H2,1-3H3/b10-9+,12-11-,15-14-,18-17-. The van der Waals surface area contributed by atoms with Crippen LogP contribution in [-0.4, -0.2) is 5.78 Å². The molecular weight excluding hydrogens is 292 g/mol. The third kappa shape index (κ3) is 17.0. The van der Waals surface area contributed by atoms with Crippen LogP contribution in [0.5, 0.6) is 0 Å². The summed E-state index contributed by atoms with van der Waals surface area (Å²) in [5.41, 5.74) is 0. The number of carbonyl (C=O) groups is 1. The molecule has 0 aromatic rings. The Labute approximate surface area is 150 Å². The average Bonchev–Trinajstić information content (AvgIpc) is 2.57. The van der Waals surface area contributed by atoms with E-state index < -0.39 is 0 Å². The van der Waals surface area contributed by atoms with Gasteiger partial charge in [-0.05, 0) is 38.5 Å². The van der Waals surface area contributed by atoms with Gasteiger partial charge in [-0.25, -0.2) is 0 Å².